The van der Waals surface area contributed by atoms with Crippen LogP contribution in [-0.2, 0) is 4.79 Å². The molecule has 1 fully saturated rings. The number of benzene rings is 1. The lowest BCUT2D eigenvalue weighted by molar-refractivity contribution is -0.130. The standard InChI is InChI=1S/C22H23Cl2N5OS/c1-15(21(30)28-11-4-2-3-5-12-28)31-22-27-26-20(16-7-6-10-25-14-16)29(22)17-8-9-18(23)19(24)13-17/h6-10,13-15H,2-5,11-12H2,1H3. The average Bonchev–Trinajstić information content (AvgIpc) is 3.00. The van der Waals surface area contributed by atoms with E-state index in [1.807, 2.05) is 34.6 Å². The molecule has 0 saturated carbocycles. The van der Waals surface area contributed by atoms with Crippen molar-refractivity contribution in [1.29, 1.82) is 0 Å². The third kappa shape index (κ3) is 5.05. The number of rotatable bonds is 5. The van der Waals surface area contributed by atoms with Gasteiger partial charge in [0.25, 0.3) is 0 Å². The van der Waals surface area contributed by atoms with Gasteiger partial charge in [-0.05, 0) is 50.1 Å². The van der Waals surface area contributed by atoms with Crippen LogP contribution in [0.5, 0.6) is 0 Å². The number of hydrogen-bond donors (Lipinski definition) is 0. The molecule has 9 heteroatoms. The molecule has 162 valence electrons. The van der Waals surface area contributed by atoms with Crippen LogP contribution in [-0.4, -0.2) is 48.9 Å². The van der Waals surface area contributed by atoms with Gasteiger partial charge in [0, 0.05) is 31.0 Å². The molecule has 3 aromatic rings. The monoisotopic (exact) mass is 475 g/mol. The van der Waals surface area contributed by atoms with E-state index >= 15 is 0 Å². The number of pyridine rings is 1. The molecular formula is C22H23Cl2N5OS. The molecule has 0 aliphatic carbocycles. The SMILES string of the molecule is CC(Sc1nnc(-c2cccnc2)n1-c1ccc(Cl)c(Cl)c1)C(=O)N1CCCCCC1. The van der Waals surface area contributed by atoms with Gasteiger partial charge in [-0.1, -0.05) is 47.8 Å². The quantitative estimate of drug-likeness (QED) is 0.454. The van der Waals surface area contributed by atoms with E-state index in [1.54, 1.807) is 24.5 Å². The first-order valence-corrected chi connectivity index (χ1v) is 11.9. The smallest absolute Gasteiger partial charge is 0.235 e. The Morgan fingerprint density at radius 2 is 1.84 bits per heavy atom. The Kier molecular flexibility index (Phi) is 7.15. The summed E-state index contributed by atoms with van der Waals surface area (Å²) in [6, 6.07) is 9.15. The van der Waals surface area contributed by atoms with Crippen LogP contribution in [0.3, 0.4) is 0 Å². The highest BCUT2D eigenvalue weighted by atomic mass is 35.5. The number of hydrogen-bond acceptors (Lipinski definition) is 5. The molecule has 0 radical (unpaired) electrons. The number of likely N-dealkylation sites (tertiary alicyclic amines) is 1. The van der Waals surface area contributed by atoms with Crippen LogP contribution in [0.1, 0.15) is 32.6 Å². The Morgan fingerprint density at radius 1 is 1.06 bits per heavy atom. The van der Waals surface area contributed by atoms with Gasteiger partial charge in [-0.3, -0.25) is 14.3 Å². The average molecular weight is 476 g/mol. The van der Waals surface area contributed by atoms with Crippen molar-refractivity contribution in [3.63, 3.8) is 0 Å². The lowest BCUT2D eigenvalue weighted by Gasteiger charge is -2.23. The van der Waals surface area contributed by atoms with Crippen LogP contribution in [0, 0.1) is 0 Å². The topological polar surface area (TPSA) is 63.9 Å². The van der Waals surface area contributed by atoms with Gasteiger partial charge in [0.05, 0.1) is 21.0 Å². The minimum atomic E-state index is -0.287. The number of thioether (sulfide) groups is 1. The molecular weight excluding hydrogens is 453 g/mol. The summed E-state index contributed by atoms with van der Waals surface area (Å²) < 4.78 is 1.90. The van der Waals surface area contributed by atoms with E-state index in [0.29, 0.717) is 21.0 Å². The van der Waals surface area contributed by atoms with Gasteiger partial charge in [0.2, 0.25) is 5.91 Å². The van der Waals surface area contributed by atoms with Crippen LogP contribution in [0.2, 0.25) is 10.0 Å². The van der Waals surface area contributed by atoms with E-state index in [0.717, 1.165) is 37.2 Å². The summed E-state index contributed by atoms with van der Waals surface area (Å²) in [6.07, 6.45) is 7.94. The number of amides is 1. The van der Waals surface area contributed by atoms with Crippen molar-refractivity contribution in [3.05, 3.63) is 52.8 Å². The van der Waals surface area contributed by atoms with Crippen LogP contribution in [0.25, 0.3) is 17.1 Å². The van der Waals surface area contributed by atoms with Crippen molar-refractivity contribution >= 4 is 40.9 Å². The molecule has 1 aromatic carbocycles. The van der Waals surface area contributed by atoms with Gasteiger partial charge in [0.15, 0.2) is 11.0 Å². The summed E-state index contributed by atoms with van der Waals surface area (Å²) in [7, 11) is 0. The normalized spacial score (nSPS) is 15.5. The highest BCUT2D eigenvalue weighted by Gasteiger charge is 2.26. The van der Waals surface area contributed by atoms with Crippen molar-refractivity contribution in [1.82, 2.24) is 24.6 Å². The van der Waals surface area contributed by atoms with Crippen molar-refractivity contribution in [2.75, 3.05) is 13.1 Å². The fraction of sp³-hybridized carbons (Fsp3) is 0.364. The molecule has 1 atom stereocenters. The predicted molar refractivity (Wildman–Crippen MR) is 125 cm³/mol. The molecule has 1 aliphatic rings. The van der Waals surface area contributed by atoms with Gasteiger partial charge in [0.1, 0.15) is 0 Å². The summed E-state index contributed by atoms with van der Waals surface area (Å²) in [5, 5.41) is 10.1. The Labute approximate surface area is 196 Å². The summed E-state index contributed by atoms with van der Waals surface area (Å²) in [6.45, 7) is 3.57. The Balaban J connectivity index is 1.68. The van der Waals surface area contributed by atoms with Crippen molar-refractivity contribution in [2.24, 2.45) is 0 Å². The van der Waals surface area contributed by atoms with Crippen molar-refractivity contribution in [2.45, 2.75) is 43.0 Å². The molecule has 6 nitrogen and oxygen atoms in total. The first-order valence-electron chi connectivity index (χ1n) is 10.3. The number of halogens is 2. The zero-order valence-electron chi connectivity index (χ0n) is 17.2. The van der Waals surface area contributed by atoms with Gasteiger partial charge in [-0.25, -0.2) is 0 Å². The molecule has 4 rings (SSSR count). The minimum Gasteiger partial charge on any atom is -0.342 e. The number of aromatic nitrogens is 4. The van der Waals surface area contributed by atoms with E-state index in [-0.39, 0.29) is 11.2 Å². The van der Waals surface area contributed by atoms with E-state index in [4.69, 9.17) is 23.2 Å². The predicted octanol–water partition coefficient (Wildman–Crippen LogP) is 5.52. The molecule has 0 N–H and O–H groups in total. The molecule has 2 aromatic heterocycles. The molecule has 1 amide bonds. The van der Waals surface area contributed by atoms with Crippen molar-refractivity contribution < 1.29 is 4.79 Å². The van der Waals surface area contributed by atoms with Crippen LogP contribution >= 0.6 is 35.0 Å². The highest BCUT2D eigenvalue weighted by molar-refractivity contribution is 8.00. The summed E-state index contributed by atoms with van der Waals surface area (Å²) in [5.41, 5.74) is 1.59. The number of carbonyl (C=O) groups is 1. The fourth-order valence-electron chi connectivity index (χ4n) is 3.64. The maximum absolute atomic E-state index is 13.1. The first kappa shape index (κ1) is 22.1. The van der Waals surface area contributed by atoms with Gasteiger partial charge in [-0.15, -0.1) is 10.2 Å². The molecule has 3 heterocycles. The van der Waals surface area contributed by atoms with Crippen LogP contribution < -0.4 is 0 Å². The second-order valence-corrected chi connectivity index (χ2v) is 9.60. The molecule has 31 heavy (non-hydrogen) atoms. The Morgan fingerprint density at radius 3 is 2.52 bits per heavy atom. The zero-order valence-corrected chi connectivity index (χ0v) is 19.5. The Hall–Kier alpha value is -2.09. The maximum atomic E-state index is 13.1. The minimum absolute atomic E-state index is 0.138. The lowest BCUT2D eigenvalue weighted by atomic mass is 10.2. The summed E-state index contributed by atoms with van der Waals surface area (Å²) in [4.78, 5) is 19.3. The van der Waals surface area contributed by atoms with Crippen LogP contribution in [0.4, 0.5) is 0 Å². The summed E-state index contributed by atoms with van der Waals surface area (Å²) >= 11 is 13.8. The molecule has 1 aliphatic heterocycles. The van der Waals surface area contributed by atoms with E-state index in [2.05, 4.69) is 15.2 Å². The van der Waals surface area contributed by atoms with Gasteiger partial charge < -0.3 is 4.90 Å². The van der Waals surface area contributed by atoms with Crippen molar-refractivity contribution in [3.8, 4) is 17.1 Å². The first-order chi connectivity index (χ1) is 15.0. The van der Waals surface area contributed by atoms with E-state index < -0.39 is 0 Å². The molecule has 1 unspecified atom stereocenters. The molecule has 0 bridgehead atoms. The van der Waals surface area contributed by atoms with Gasteiger partial charge >= 0.3 is 0 Å². The fourth-order valence-corrected chi connectivity index (χ4v) is 4.89. The van der Waals surface area contributed by atoms with Crippen LogP contribution in [0.15, 0.2) is 47.9 Å². The summed E-state index contributed by atoms with van der Waals surface area (Å²) in [5.74, 6) is 0.766. The van der Waals surface area contributed by atoms with E-state index in [9.17, 15) is 4.79 Å². The van der Waals surface area contributed by atoms with E-state index in [1.165, 1.54) is 24.6 Å². The second-order valence-electron chi connectivity index (χ2n) is 7.48. The van der Waals surface area contributed by atoms with Gasteiger partial charge in [-0.2, -0.15) is 0 Å². The zero-order chi connectivity index (χ0) is 21.8. The molecule has 0 spiro atoms. The molecule has 1 saturated heterocycles. The Bertz CT molecular complexity index is 1050. The second kappa shape index (κ2) is 10.0. The number of nitrogens with zero attached hydrogens (tertiary/aromatic N) is 5. The maximum Gasteiger partial charge on any atom is 0.235 e. The number of carbonyl (C=O) groups excluding carboxylic acids is 1. The largest absolute Gasteiger partial charge is 0.342 e. The third-order valence-corrected chi connectivity index (χ3v) is 7.03. The third-order valence-electron chi connectivity index (χ3n) is 5.26. The highest BCUT2D eigenvalue weighted by Crippen LogP contribution is 2.33. The lowest BCUT2D eigenvalue weighted by Crippen LogP contribution is -2.37.